The third kappa shape index (κ3) is 2.85. The van der Waals surface area contributed by atoms with Gasteiger partial charge >= 0.3 is 5.97 Å². The van der Waals surface area contributed by atoms with Gasteiger partial charge in [0.05, 0.1) is 5.52 Å². The van der Waals surface area contributed by atoms with Gasteiger partial charge in [0.15, 0.2) is 0 Å². The van der Waals surface area contributed by atoms with E-state index in [0.717, 1.165) is 47.9 Å². The molecule has 1 saturated carbocycles. The van der Waals surface area contributed by atoms with E-state index < -0.39 is 11.5 Å². The number of hydrogen-bond acceptors (Lipinski definition) is 4. The predicted molar refractivity (Wildman–Crippen MR) is 115 cm³/mol. The van der Waals surface area contributed by atoms with Crippen LogP contribution in [0.4, 0.5) is 0 Å². The van der Waals surface area contributed by atoms with E-state index in [1.807, 2.05) is 13.0 Å². The van der Waals surface area contributed by atoms with Crippen molar-refractivity contribution in [3.63, 3.8) is 0 Å². The van der Waals surface area contributed by atoms with Crippen LogP contribution in [0.3, 0.4) is 0 Å². The topological polar surface area (TPSA) is 84.8 Å². The van der Waals surface area contributed by atoms with Crippen molar-refractivity contribution in [1.82, 2.24) is 4.40 Å². The van der Waals surface area contributed by atoms with Crippen molar-refractivity contribution < 1.29 is 9.90 Å². The Bertz CT molecular complexity index is 1190. The third-order valence-corrected chi connectivity index (χ3v) is 7.89. The van der Waals surface area contributed by atoms with Gasteiger partial charge in [-0.1, -0.05) is 6.92 Å². The second kappa shape index (κ2) is 6.54. The van der Waals surface area contributed by atoms with Gasteiger partial charge in [0.25, 0.3) is 5.56 Å². The van der Waals surface area contributed by atoms with E-state index in [9.17, 15) is 14.7 Å². The average molecular weight is 409 g/mol. The molecule has 150 valence electrons. The minimum absolute atomic E-state index is 0.0923. The fourth-order valence-electron chi connectivity index (χ4n) is 4.67. The zero-order valence-corrected chi connectivity index (χ0v) is 17.4. The smallest absolute Gasteiger partial charge is 0.341 e. The van der Waals surface area contributed by atoms with Gasteiger partial charge in [-0.2, -0.15) is 0 Å². The molecule has 1 fully saturated rings. The van der Waals surface area contributed by atoms with Crippen LogP contribution in [-0.2, 0) is 0 Å². The lowest BCUT2D eigenvalue weighted by Gasteiger charge is -2.23. The highest BCUT2D eigenvalue weighted by Gasteiger charge is 2.30. The number of hydrogen-bond donors (Lipinski definition) is 2. The van der Waals surface area contributed by atoms with Crippen LogP contribution < -0.4 is 11.3 Å². The number of carboxylic acid groups (broad SMARTS) is 1. The molecular formula is C23H24N2O3S. The van der Waals surface area contributed by atoms with Gasteiger partial charge in [-0.15, -0.1) is 11.3 Å². The van der Waals surface area contributed by atoms with Crippen molar-refractivity contribution in [2.45, 2.75) is 57.4 Å². The molecule has 29 heavy (non-hydrogen) atoms. The molecular weight excluding hydrogens is 384 g/mol. The van der Waals surface area contributed by atoms with Gasteiger partial charge in [0.2, 0.25) is 0 Å². The lowest BCUT2D eigenvalue weighted by atomic mass is 9.87. The van der Waals surface area contributed by atoms with E-state index in [1.54, 1.807) is 23.6 Å². The van der Waals surface area contributed by atoms with Gasteiger partial charge in [0, 0.05) is 22.0 Å². The van der Waals surface area contributed by atoms with Crippen molar-refractivity contribution in [2.24, 2.45) is 5.73 Å². The van der Waals surface area contributed by atoms with Gasteiger partial charge < -0.3 is 10.8 Å². The Hall–Kier alpha value is -2.44. The first-order valence-corrected chi connectivity index (χ1v) is 11.0. The lowest BCUT2D eigenvalue weighted by molar-refractivity contribution is 0.0694. The van der Waals surface area contributed by atoms with Gasteiger partial charge in [-0.05, 0) is 84.9 Å². The Morgan fingerprint density at radius 1 is 1.21 bits per heavy atom. The number of aromatic nitrogens is 1. The second-order valence-electron chi connectivity index (χ2n) is 8.49. The number of nitrogens with zero attached hydrogens (tertiary/aromatic N) is 1. The van der Waals surface area contributed by atoms with E-state index in [-0.39, 0.29) is 11.6 Å². The maximum atomic E-state index is 12.8. The molecule has 6 heteroatoms. The summed E-state index contributed by atoms with van der Waals surface area (Å²) < 4.78 is 1.53. The number of thiophene rings is 1. The standard InChI is InChI=1S/C23H24N2O3S/c1-11-3-6-18(24)16-10-19(29-21(11)16)14-7-8-25-20(12(14)2)15(13-4-5-13)9-17(22(25)26)23(27)28/h7-11,13,18H,3-6,24H2,1-2H3,(H,27,28). The average Bonchev–Trinajstić information content (AvgIpc) is 3.43. The molecule has 0 saturated heterocycles. The van der Waals surface area contributed by atoms with Gasteiger partial charge in [-0.25, -0.2) is 4.79 Å². The molecule has 2 aliphatic carbocycles. The summed E-state index contributed by atoms with van der Waals surface area (Å²) in [6.45, 7) is 4.30. The molecule has 0 amide bonds. The molecule has 2 unspecified atom stereocenters. The number of carbonyl (C=O) groups is 1. The normalized spacial score (nSPS) is 21.3. The highest BCUT2D eigenvalue weighted by molar-refractivity contribution is 7.15. The summed E-state index contributed by atoms with van der Waals surface area (Å²) in [4.78, 5) is 26.9. The summed E-state index contributed by atoms with van der Waals surface area (Å²) >= 11 is 1.80. The van der Waals surface area contributed by atoms with Crippen LogP contribution in [0.25, 0.3) is 16.0 Å². The number of pyridine rings is 2. The van der Waals surface area contributed by atoms with Crippen molar-refractivity contribution in [2.75, 3.05) is 0 Å². The van der Waals surface area contributed by atoms with Crippen molar-refractivity contribution in [1.29, 1.82) is 0 Å². The Labute approximate surface area is 172 Å². The van der Waals surface area contributed by atoms with Crippen molar-refractivity contribution >= 4 is 22.8 Å². The first kappa shape index (κ1) is 18.6. The molecule has 5 rings (SSSR count). The number of aryl methyl sites for hydroxylation is 1. The second-order valence-corrected chi connectivity index (χ2v) is 9.57. The largest absolute Gasteiger partial charge is 0.477 e. The molecule has 2 aliphatic rings. The number of aromatic carboxylic acids is 1. The van der Waals surface area contributed by atoms with E-state index in [1.165, 1.54) is 19.7 Å². The Kier molecular flexibility index (Phi) is 4.19. The quantitative estimate of drug-likeness (QED) is 0.651. The number of fused-ring (bicyclic) bond motifs is 2. The fourth-order valence-corrected chi connectivity index (χ4v) is 6.07. The van der Waals surface area contributed by atoms with Crippen molar-refractivity contribution in [3.8, 4) is 10.4 Å². The SMILES string of the molecule is Cc1c(-c2cc3c(s2)C(C)CCC3N)ccn2c(=O)c(C(=O)O)cc(C3CC3)c12. The van der Waals surface area contributed by atoms with Gasteiger partial charge in [-0.3, -0.25) is 9.20 Å². The molecule has 3 N–H and O–H groups in total. The maximum Gasteiger partial charge on any atom is 0.341 e. The first-order chi connectivity index (χ1) is 13.9. The van der Waals surface area contributed by atoms with E-state index in [0.29, 0.717) is 11.8 Å². The molecule has 2 atom stereocenters. The summed E-state index contributed by atoms with van der Waals surface area (Å²) in [6, 6.07) is 5.86. The molecule has 3 aromatic rings. The molecule has 0 aromatic carbocycles. The maximum absolute atomic E-state index is 12.8. The Morgan fingerprint density at radius 2 is 1.97 bits per heavy atom. The zero-order valence-electron chi connectivity index (χ0n) is 16.6. The third-order valence-electron chi connectivity index (χ3n) is 6.47. The number of carboxylic acids is 1. The fraction of sp³-hybridized carbons (Fsp3) is 0.391. The predicted octanol–water partition coefficient (Wildman–Crippen LogP) is 4.81. The number of nitrogens with two attached hydrogens (primary N) is 1. The van der Waals surface area contributed by atoms with E-state index in [4.69, 9.17) is 5.73 Å². The van der Waals surface area contributed by atoms with Crippen LogP contribution in [0.2, 0.25) is 0 Å². The molecule has 5 nitrogen and oxygen atoms in total. The summed E-state index contributed by atoms with van der Waals surface area (Å²) in [5.41, 5.74) is 11.0. The number of rotatable bonds is 3. The molecule has 3 heterocycles. The minimum atomic E-state index is -1.16. The molecule has 0 bridgehead atoms. The molecule has 0 aliphatic heterocycles. The van der Waals surface area contributed by atoms with Crippen LogP contribution in [0, 0.1) is 6.92 Å². The minimum Gasteiger partial charge on any atom is -0.477 e. The van der Waals surface area contributed by atoms with Crippen LogP contribution in [-0.4, -0.2) is 15.5 Å². The first-order valence-electron chi connectivity index (χ1n) is 10.2. The highest BCUT2D eigenvalue weighted by Crippen LogP contribution is 2.47. The van der Waals surface area contributed by atoms with Gasteiger partial charge in [0.1, 0.15) is 5.56 Å². The zero-order chi connectivity index (χ0) is 20.4. The summed E-state index contributed by atoms with van der Waals surface area (Å²) in [5.74, 6) is -0.309. The highest BCUT2D eigenvalue weighted by atomic mass is 32.1. The summed E-state index contributed by atoms with van der Waals surface area (Å²) in [5, 5.41) is 9.47. The van der Waals surface area contributed by atoms with Crippen LogP contribution in [0.1, 0.15) is 82.4 Å². The Morgan fingerprint density at radius 3 is 2.62 bits per heavy atom. The summed E-state index contributed by atoms with van der Waals surface area (Å²) in [6.07, 6.45) is 5.94. The summed E-state index contributed by atoms with van der Waals surface area (Å²) in [7, 11) is 0. The van der Waals surface area contributed by atoms with Crippen LogP contribution >= 0.6 is 11.3 Å². The lowest BCUT2D eigenvalue weighted by Crippen LogP contribution is -2.23. The van der Waals surface area contributed by atoms with E-state index >= 15 is 0 Å². The molecule has 0 spiro atoms. The molecule has 0 radical (unpaired) electrons. The van der Waals surface area contributed by atoms with E-state index in [2.05, 4.69) is 13.0 Å². The van der Waals surface area contributed by atoms with Crippen molar-refractivity contribution in [3.05, 3.63) is 61.9 Å². The monoisotopic (exact) mass is 408 g/mol. The Balaban J connectivity index is 1.76. The molecule has 3 aromatic heterocycles. The van der Waals surface area contributed by atoms with Crippen LogP contribution in [0.5, 0.6) is 0 Å². The van der Waals surface area contributed by atoms with Crippen LogP contribution in [0.15, 0.2) is 29.2 Å².